The summed E-state index contributed by atoms with van der Waals surface area (Å²) in [6.07, 6.45) is -4.77. The molecule has 8 nitrogen and oxygen atoms in total. The fourth-order valence-electron chi connectivity index (χ4n) is 3.74. The van der Waals surface area contributed by atoms with Crippen molar-refractivity contribution < 1.29 is 23.1 Å². The predicted octanol–water partition coefficient (Wildman–Crippen LogP) is 1.03. The molecule has 0 aliphatic carbocycles. The molecule has 1 saturated heterocycles. The van der Waals surface area contributed by atoms with Crippen LogP contribution in [0.2, 0.25) is 0 Å². The number of benzene rings is 1. The van der Waals surface area contributed by atoms with Crippen molar-refractivity contribution in [2.45, 2.75) is 31.3 Å². The summed E-state index contributed by atoms with van der Waals surface area (Å²) in [6, 6.07) is 9.25. The van der Waals surface area contributed by atoms with E-state index in [-0.39, 0.29) is 18.4 Å². The molecule has 2 aliphatic rings. The van der Waals surface area contributed by atoms with Crippen LogP contribution in [0, 0.1) is 0 Å². The van der Waals surface area contributed by atoms with Crippen molar-refractivity contribution in [3.05, 3.63) is 53.0 Å². The average Bonchev–Trinajstić information content (AvgIpc) is 2.73. The Morgan fingerprint density at radius 3 is 2.69 bits per heavy atom. The number of amides is 1. The number of carbonyl (C=O) groups is 1. The van der Waals surface area contributed by atoms with Gasteiger partial charge in [-0.25, -0.2) is 9.97 Å². The number of aliphatic hydroxyl groups excluding tert-OH is 1. The van der Waals surface area contributed by atoms with Gasteiger partial charge in [-0.05, 0) is 17.5 Å². The standard InChI is InChI=1S/C21H25F3N6O2/c22-21(23,24)20-28-17(7-18(29-20)27-15-8-25-9-15)19(32)26-10-16(31)12-30-6-5-13-3-1-2-4-14(13)11-30/h1-4,7,15-16,25,31H,5-6,8-12H2,(H,26,32)(H,27,28,29). The Balaban J connectivity index is 1.35. The zero-order valence-electron chi connectivity index (χ0n) is 17.3. The van der Waals surface area contributed by atoms with Gasteiger partial charge in [0.25, 0.3) is 5.91 Å². The molecule has 32 heavy (non-hydrogen) atoms. The second-order valence-corrected chi connectivity index (χ2v) is 8.08. The van der Waals surface area contributed by atoms with Crippen molar-refractivity contribution in [3.63, 3.8) is 0 Å². The third-order valence-electron chi connectivity index (χ3n) is 5.52. The van der Waals surface area contributed by atoms with Gasteiger partial charge in [0, 0.05) is 45.3 Å². The van der Waals surface area contributed by atoms with Crippen LogP contribution in [0.1, 0.15) is 27.4 Å². The Kier molecular flexibility index (Phi) is 6.58. The van der Waals surface area contributed by atoms with Gasteiger partial charge in [-0.1, -0.05) is 24.3 Å². The van der Waals surface area contributed by atoms with Crippen molar-refractivity contribution >= 4 is 11.7 Å². The van der Waals surface area contributed by atoms with Crippen molar-refractivity contribution in [2.75, 3.05) is 38.0 Å². The quantitative estimate of drug-likeness (QED) is 0.500. The van der Waals surface area contributed by atoms with Gasteiger partial charge in [0.2, 0.25) is 5.82 Å². The first-order valence-electron chi connectivity index (χ1n) is 10.5. The molecule has 1 aromatic heterocycles. The molecular formula is C21H25F3N6O2. The molecular weight excluding hydrogens is 425 g/mol. The maximum atomic E-state index is 13.2. The summed E-state index contributed by atoms with van der Waals surface area (Å²) in [5.41, 5.74) is 2.09. The number of halogens is 3. The lowest BCUT2D eigenvalue weighted by atomic mass is 10.00. The number of hydrogen-bond donors (Lipinski definition) is 4. The third kappa shape index (κ3) is 5.53. The van der Waals surface area contributed by atoms with Gasteiger partial charge in [0.15, 0.2) is 0 Å². The monoisotopic (exact) mass is 450 g/mol. The first-order chi connectivity index (χ1) is 15.3. The molecule has 4 rings (SSSR count). The van der Waals surface area contributed by atoms with Gasteiger partial charge >= 0.3 is 6.18 Å². The first-order valence-corrected chi connectivity index (χ1v) is 10.5. The maximum absolute atomic E-state index is 13.2. The molecule has 4 N–H and O–H groups in total. The van der Waals surface area contributed by atoms with Gasteiger partial charge in [0.1, 0.15) is 11.5 Å². The Hall–Kier alpha value is -2.76. The Morgan fingerprint density at radius 1 is 1.25 bits per heavy atom. The summed E-state index contributed by atoms with van der Waals surface area (Å²) in [5, 5.41) is 18.7. The summed E-state index contributed by atoms with van der Waals surface area (Å²) in [7, 11) is 0. The second-order valence-electron chi connectivity index (χ2n) is 8.08. The van der Waals surface area contributed by atoms with Crippen LogP contribution in [0.4, 0.5) is 19.0 Å². The number of aliphatic hydroxyl groups is 1. The number of rotatable bonds is 7. The molecule has 2 aromatic rings. The highest BCUT2D eigenvalue weighted by Gasteiger charge is 2.36. The number of fused-ring (bicyclic) bond motifs is 1. The summed E-state index contributed by atoms with van der Waals surface area (Å²) in [4.78, 5) is 21.4. The highest BCUT2D eigenvalue weighted by molar-refractivity contribution is 5.93. The number of aromatic nitrogens is 2. The van der Waals surface area contributed by atoms with Crippen LogP contribution < -0.4 is 16.0 Å². The molecule has 0 radical (unpaired) electrons. The van der Waals surface area contributed by atoms with Crippen molar-refractivity contribution in [1.82, 2.24) is 25.5 Å². The highest BCUT2D eigenvalue weighted by atomic mass is 19.4. The maximum Gasteiger partial charge on any atom is 0.451 e. The van der Waals surface area contributed by atoms with Gasteiger partial charge in [-0.15, -0.1) is 0 Å². The minimum Gasteiger partial charge on any atom is -0.390 e. The van der Waals surface area contributed by atoms with E-state index in [9.17, 15) is 23.1 Å². The fourth-order valence-corrected chi connectivity index (χ4v) is 3.74. The van der Waals surface area contributed by atoms with E-state index in [4.69, 9.17) is 0 Å². The molecule has 1 aromatic carbocycles. The zero-order valence-corrected chi connectivity index (χ0v) is 17.3. The lowest BCUT2D eigenvalue weighted by Crippen LogP contribution is -2.51. The Morgan fingerprint density at radius 2 is 2.00 bits per heavy atom. The highest BCUT2D eigenvalue weighted by Crippen LogP contribution is 2.27. The number of carbonyl (C=O) groups excluding carboxylic acids is 1. The van der Waals surface area contributed by atoms with E-state index in [1.807, 2.05) is 18.2 Å². The van der Waals surface area contributed by atoms with Crippen LogP contribution in [-0.4, -0.2) is 70.8 Å². The van der Waals surface area contributed by atoms with E-state index in [1.54, 1.807) is 0 Å². The van der Waals surface area contributed by atoms with Crippen LogP contribution in [0.25, 0.3) is 0 Å². The molecule has 172 valence electrons. The van der Waals surface area contributed by atoms with Crippen molar-refractivity contribution in [2.24, 2.45) is 0 Å². The number of β-amino-alcohol motifs (C(OH)–C–C–N with tert-alkyl or cyclic N) is 1. The van der Waals surface area contributed by atoms with Crippen LogP contribution in [-0.2, 0) is 19.1 Å². The minimum absolute atomic E-state index is 0.0570. The second kappa shape index (κ2) is 9.39. The van der Waals surface area contributed by atoms with Gasteiger partial charge in [-0.2, -0.15) is 13.2 Å². The third-order valence-corrected chi connectivity index (χ3v) is 5.52. The molecule has 0 bridgehead atoms. The van der Waals surface area contributed by atoms with Crippen LogP contribution in [0.3, 0.4) is 0 Å². The van der Waals surface area contributed by atoms with Gasteiger partial charge < -0.3 is 21.1 Å². The van der Waals surface area contributed by atoms with Crippen LogP contribution in [0.5, 0.6) is 0 Å². The minimum atomic E-state index is -4.78. The predicted molar refractivity (Wildman–Crippen MR) is 111 cm³/mol. The molecule has 3 heterocycles. The number of nitrogens with zero attached hydrogens (tertiary/aromatic N) is 3. The normalized spacial score (nSPS) is 17.9. The smallest absolute Gasteiger partial charge is 0.390 e. The van der Waals surface area contributed by atoms with E-state index in [0.29, 0.717) is 26.2 Å². The summed E-state index contributed by atoms with van der Waals surface area (Å²) >= 11 is 0. The Labute approximate surface area is 183 Å². The lowest BCUT2D eigenvalue weighted by molar-refractivity contribution is -0.144. The van der Waals surface area contributed by atoms with E-state index < -0.39 is 29.7 Å². The molecule has 1 unspecified atom stereocenters. The van der Waals surface area contributed by atoms with E-state index >= 15 is 0 Å². The number of hydrogen-bond acceptors (Lipinski definition) is 7. The largest absolute Gasteiger partial charge is 0.451 e. The summed E-state index contributed by atoms with van der Waals surface area (Å²) in [6.45, 7) is 2.92. The molecule has 0 saturated carbocycles. The zero-order chi connectivity index (χ0) is 22.7. The number of alkyl halides is 3. The first kappa shape index (κ1) is 22.4. The van der Waals surface area contributed by atoms with Crippen molar-refractivity contribution in [3.8, 4) is 0 Å². The van der Waals surface area contributed by atoms with Gasteiger partial charge in [-0.3, -0.25) is 9.69 Å². The van der Waals surface area contributed by atoms with Crippen LogP contribution >= 0.6 is 0 Å². The molecule has 1 atom stereocenters. The van der Waals surface area contributed by atoms with E-state index in [1.165, 1.54) is 17.2 Å². The Bertz CT molecular complexity index is 967. The van der Waals surface area contributed by atoms with E-state index in [2.05, 4.69) is 36.9 Å². The molecule has 2 aliphatic heterocycles. The average molecular weight is 450 g/mol. The number of nitrogens with one attached hydrogen (secondary N) is 3. The molecule has 1 fully saturated rings. The van der Waals surface area contributed by atoms with Crippen molar-refractivity contribution in [1.29, 1.82) is 0 Å². The van der Waals surface area contributed by atoms with E-state index in [0.717, 1.165) is 13.0 Å². The summed E-state index contributed by atoms with van der Waals surface area (Å²) < 4.78 is 39.5. The van der Waals surface area contributed by atoms with Gasteiger partial charge in [0.05, 0.1) is 12.1 Å². The summed E-state index contributed by atoms with van der Waals surface area (Å²) in [5.74, 6) is -2.24. The topological polar surface area (TPSA) is 102 Å². The molecule has 11 heteroatoms. The molecule has 1 amide bonds. The fraction of sp³-hybridized carbons (Fsp3) is 0.476. The molecule has 0 spiro atoms. The SMILES string of the molecule is O=C(NCC(O)CN1CCc2ccccc2C1)c1cc(NC2CNC2)nc(C(F)(F)F)n1. The number of anilines is 1. The lowest BCUT2D eigenvalue weighted by Gasteiger charge is -2.30. The van der Waals surface area contributed by atoms with Crippen LogP contribution in [0.15, 0.2) is 30.3 Å².